The minimum Gasteiger partial charge on any atom is -0.494 e. The Morgan fingerprint density at radius 1 is 0.875 bits per heavy atom. The van der Waals surface area contributed by atoms with Crippen LogP contribution in [0.5, 0.6) is 11.5 Å². The summed E-state index contributed by atoms with van der Waals surface area (Å²) in [7, 11) is -1.43. The van der Waals surface area contributed by atoms with Gasteiger partial charge in [-0.15, -0.1) is 0 Å². The van der Waals surface area contributed by atoms with Gasteiger partial charge in [-0.2, -0.15) is 0 Å². The molecule has 0 aromatic heterocycles. The highest BCUT2D eigenvalue weighted by Gasteiger charge is 2.10. The molecule has 2 aromatic carbocycles. The molecule has 0 aliphatic heterocycles. The Morgan fingerprint density at radius 3 is 1.92 bits per heavy atom. The molecule has 6 heteroatoms. The highest BCUT2D eigenvalue weighted by molar-refractivity contribution is 9.10. The molecule has 0 aliphatic carbocycles. The number of hydrogen-bond donors (Lipinski definition) is 2. The van der Waals surface area contributed by atoms with Gasteiger partial charge in [0.15, 0.2) is 0 Å². The summed E-state index contributed by atoms with van der Waals surface area (Å²) >= 11 is 3.37. The summed E-state index contributed by atoms with van der Waals surface area (Å²) in [4.78, 5) is 0. The molecular weight excluding hydrogens is 371 g/mol. The normalized spacial score (nSPS) is 9.71. The highest BCUT2D eigenvalue weighted by Crippen LogP contribution is 2.17. The molecule has 0 radical (unpaired) electrons. The third-order valence-corrected chi connectivity index (χ3v) is 3.39. The van der Waals surface area contributed by atoms with Gasteiger partial charge in [-0.3, -0.25) is 0 Å². The van der Waals surface area contributed by atoms with Crippen LogP contribution in [0, 0.1) is 0 Å². The fourth-order valence-electron chi connectivity index (χ4n) is 1.76. The van der Waals surface area contributed by atoms with Gasteiger partial charge in [0.25, 0.3) is 0 Å². The Labute approximate surface area is 152 Å². The second-order valence-electron chi connectivity index (χ2n) is 5.10. The minimum absolute atomic E-state index is 0.452. The lowest BCUT2D eigenvalue weighted by Gasteiger charge is -2.05. The first-order valence-corrected chi connectivity index (χ1v) is 8.83. The van der Waals surface area contributed by atoms with Crippen LogP contribution in [0.3, 0.4) is 0 Å². The highest BCUT2D eigenvalue weighted by atomic mass is 79.9. The van der Waals surface area contributed by atoms with Gasteiger partial charge in [0.05, 0.1) is 13.2 Å². The molecule has 130 valence electrons. The van der Waals surface area contributed by atoms with Crippen LogP contribution in [0.2, 0.25) is 0 Å². The van der Waals surface area contributed by atoms with E-state index >= 15 is 0 Å². The number of hydrogen-bond acceptors (Lipinski definition) is 4. The lowest BCUT2D eigenvalue weighted by atomic mass is 9.80. The van der Waals surface area contributed by atoms with Gasteiger partial charge in [0.1, 0.15) is 11.5 Å². The second-order valence-corrected chi connectivity index (χ2v) is 6.02. The Kier molecular flexibility index (Phi) is 10.2. The van der Waals surface area contributed by atoms with Crippen LogP contribution in [0.4, 0.5) is 0 Å². The Morgan fingerprint density at radius 2 is 1.42 bits per heavy atom. The monoisotopic (exact) mass is 394 g/mol. The SMILES string of the molecule is CCCOc1cccc(B(O)O)c1.CCCOc1cccc(Br)c1. The topological polar surface area (TPSA) is 58.9 Å². The lowest BCUT2D eigenvalue weighted by molar-refractivity contribution is 0.317. The van der Waals surface area contributed by atoms with Crippen LogP contribution < -0.4 is 14.9 Å². The maximum atomic E-state index is 8.87. The molecule has 0 saturated heterocycles. The zero-order valence-electron chi connectivity index (χ0n) is 14.1. The van der Waals surface area contributed by atoms with Crippen molar-refractivity contribution in [1.29, 1.82) is 0 Å². The molecule has 0 unspecified atom stereocenters. The molecule has 2 N–H and O–H groups in total. The molecule has 0 aliphatic rings. The number of ether oxygens (including phenoxy) is 2. The van der Waals surface area contributed by atoms with Crippen molar-refractivity contribution in [3.8, 4) is 11.5 Å². The molecule has 2 rings (SSSR count). The van der Waals surface area contributed by atoms with Crippen molar-refractivity contribution in [2.24, 2.45) is 0 Å². The lowest BCUT2D eigenvalue weighted by Crippen LogP contribution is -2.29. The standard InChI is InChI=1S/C9H13BO3.C9H11BrO/c1-2-6-13-9-5-3-4-8(7-9)10(11)12;1-2-6-11-9-5-3-4-8(10)7-9/h3-5,7,11-12H,2,6H2,1H3;3-5,7H,2,6H2,1H3. The van der Waals surface area contributed by atoms with Crippen LogP contribution >= 0.6 is 15.9 Å². The summed E-state index contributed by atoms with van der Waals surface area (Å²) in [5, 5.41) is 17.7. The van der Waals surface area contributed by atoms with Gasteiger partial charge in [0, 0.05) is 4.47 Å². The molecule has 0 bridgehead atoms. The van der Waals surface area contributed by atoms with Gasteiger partial charge < -0.3 is 19.5 Å². The maximum Gasteiger partial charge on any atom is 0.488 e. The predicted octanol–water partition coefficient (Wildman–Crippen LogP) is 3.39. The first kappa shape index (κ1) is 20.5. The van der Waals surface area contributed by atoms with Crippen molar-refractivity contribution in [2.45, 2.75) is 26.7 Å². The molecule has 0 amide bonds. The third kappa shape index (κ3) is 8.38. The van der Waals surface area contributed by atoms with Gasteiger partial charge >= 0.3 is 7.12 Å². The van der Waals surface area contributed by atoms with Crippen molar-refractivity contribution in [2.75, 3.05) is 13.2 Å². The second kappa shape index (κ2) is 12.0. The van der Waals surface area contributed by atoms with E-state index in [-0.39, 0.29) is 0 Å². The summed E-state index contributed by atoms with van der Waals surface area (Å²) in [5.41, 5.74) is 0.452. The van der Waals surface area contributed by atoms with E-state index < -0.39 is 7.12 Å². The molecule has 0 heterocycles. The van der Waals surface area contributed by atoms with Gasteiger partial charge in [-0.25, -0.2) is 0 Å². The van der Waals surface area contributed by atoms with E-state index in [0.717, 1.165) is 29.7 Å². The van der Waals surface area contributed by atoms with E-state index in [9.17, 15) is 0 Å². The predicted molar refractivity (Wildman–Crippen MR) is 102 cm³/mol. The maximum absolute atomic E-state index is 8.87. The summed E-state index contributed by atoms with van der Waals surface area (Å²) in [6, 6.07) is 14.7. The fraction of sp³-hybridized carbons (Fsp3) is 0.333. The molecular formula is C18H24BBrO4. The largest absolute Gasteiger partial charge is 0.494 e. The molecule has 2 aromatic rings. The summed E-state index contributed by atoms with van der Waals surface area (Å²) in [6.07, 6.45) is 1.98. The fourth-order valence-corrected chi connectivity index (χ4v) is 2.14. The molecule has 24 heavy (non-hydrogen) atoms. The average Bonchev–Trinajstić information content (AvgIpc) is 2.59. The first-order valence-electron chi connectivity index (χ1n) is 8.04. The zero-order chi connectivity index (χ0) is 17.8. The first-order chi connectivity index (χ1) is 11.6. The third-order valence-electron chi connectivity index (χ3n) is 2.90. The van der Waals surface area contributed by atoms with E-state index in [1.54, 1.807) is 24.3 Å². The average molecular weight is 395 g/mol. The van der Waals surface area contributed by atoms with E-state index in [4.69, 9.17) is 19.5 Å². The van der Waals surface area contributed by atoms with E-state index in [1.807, 2.05) is 31.2 Å². The quantitative estimate of drug-likeness (QED) is 0.706. The van der Waals surface area contributed by atoms with Crippen molar-refractivity contribution >= 4 is 28.5 Å². The van der Waals surface area contributed by atoms with Crippen molar-refractivity contribution < 1.29 is 19.5 Å². The van der Waals surface area contributed by atoms with Crippen LogP contribution in [0.15, 0.2) is 53.0 Å². The van der Waals surface area contributed by atoms with Crippen LogP contribution in [-0.4, -0.2) is 30.4 Å². The van der Waals surface area contributed by atoms with Gasteiger partial charge in [0.2, 0.25) is 0 Å². The molecule has 0 atom stereocenters. The summed E-state index contributed by atoms with van der Waals surface area (Å²) < 4.78 is 11.8. The number of rotatable bonds is 7. The molecule has 0 fully saturated rings. The smallest absolute Gasteiger partial charge is 0.488 e. The minimum atomic E-state index is -1.43. The number of benzene rings is 2. The summed E-state index contributed by atoms with van der Waals surface area (Å²) in [6.45, 7) is 5.55. The van der Waals surface area contributed by atoms with Crippen molar-refractivity contribution in [3.63, 3.8) is 0 Å². The Hall–Kier alpha value is -1.50. The summed E-state index contributed by atoms with van der Waals surface area (Å²) in [5.74, 6) is 1.61. The Bertz CT molecular complexity index is 593. The Balaban J connectivity index is 0.000000243. The van der Waals surface area contributed by atoms with Gasteiger partial charge in [-0.05, 0) is 48.6 Å². The molecule has 0 spiro atoms. The van der Waals surface area contributed by atoms with E-state index in [2.05, 4.69) is 22.9 Å². The number of halogens is 1. The van der Waals surface area contributed by atoms with E-state index in [0.29, 0.717) is 17.8 Å². The van der Waals surface area contributed by atoms with Crippen LogP contribution in [-0.2, 0) is 0 Å². The van der Waals surface area contributed by atoms with Crippen molar-refractivity contribution in [3.05, 3.63) is 53.0 Å². The van der Waals surface area contributed by atoms with Crippen LogP contribution in [0.1, 0.15) is 26.7 Å². The molecule has 4 nitrogen and oxygen atoms in total. The molecule has 0 saturated carbocycles. The van der Waals surface area contributed by atoms with Crippen molar-refractivity contribution in [1.82, 2.24) is 0 Å². The zero-order valence-corrected chi connectivity index (χ0v) is 15.7. The van der Waals surface area contributed by atoms with E-state index in [1.165, 1.54) is 0 Å². The van der Waals surface area contributed by atoms with Gasteiger partial charge in [-0.1, -0.05) is 48.0 Å². The van der Waals surface area contributed by atoms with Crippen LogP contribution in [0.25, 0.3) is 0 Å².